The molecule has 4 rings (SSSR count). The fraction of sp³-hybridized carbons (Fsp3) is 0.476. The van der Waals surface area contributed by atoms with Crippen LogP contribution < -0.4 is 0 Å². The summed E-state index contributed by atoms with van der Waals surface area (Å²) in [7, 11) is 0. The number of halogens is 1. The minimum Gasteiger partial charge on any atom is -0.506 e. The third kappa shape index (κ3) is 4.27. The van der Waals surface area contributed by atoms with Crippen LogP contribution in [0.4, 0.5) is 0 Å². The van der Waals surface area contributed by atoms with Gasteiger partial charge in [-0.25, -0.2) is 0 Å². The highest BCUT2D eigenvalue weighted by Gasteiger charge is 2.48. The molecule has 6 heteroatoms. The number of nitrogens with zero attached hydrogens (tertiary/aromatic N) is 2. The zero-order valence-corrected chi connectivity index (χ0v) is 15.9. The molecule has 1 aromatic carbocycles. The second kappa shape index (κ2) is 7.40. The number of β-amino-alcohol motifs (C(OH)–C–C–N with tert-alkyl or cyclic N) is 1. The van der Waals surface area contributed by atoms with Gasteiger partial charge in [-0.3, -0.25) is 9.88 Å². The number of benzene rings is 1. The standard InChI is InChI=1S/C21H25ClN2O3/c22-17-3-1-14(2-4-17)7-21(27)8-15-11-24(12-16(15)9-21)13-20(26)19-6-5-18(25)10-23-19/h1-6,10,15-16,20,25-27H,7-9,11-13H2/t15-,16+,20?,21+. The molecule has 144 valence electrons. The van der Waals surface area contributed by atoms with E-state index in [1.165, 1.54) is 6.20 Å². The number of aromatic nitrogens is 1. The Hall–Kier alpha value is -1.66. The van der Waals surface area contributed by atoms with E-state index in [0.717, 1.165) is 31.5 Å². The molecule has 3 N–H and O–H groups in total. The van der Waals surface area contributed by atoms with Crippen molar-refractivity contribution in [3.05, 3.63) is 58.9 Å². The van der Waals surface area contributed by atoms with Crippen LogP contribution in [0.1, 0.15) is 30.2 Å². The molecule has 1 aliphatic carbocycles. The van der Waals surface area contributed by atoms with E-state index >= 15 is 0 Å². The Balaban J connectivity index is 1.32. The summed E-state index contributed by atoms with van der Waals surface area (Å²) >= 11 is 5.95. The van der Waals surface area contributed by atoms with Crippen LogP contribution in [0, 0.1) is 11.8 Å². The predicted molar refractivity (Wildman–Crippen MR) is 104 cm³/mol. The van der Waals surface area contributed by atoms with E-state index < -0.39 is 11.7 Å². The van der Waals surface area contributed by atoms with Crippen LogP contribution in [-0.4, -0.2) is 50.4 Å². The molecule has 1 unspecified atom stereocenters. The van der Waals surface area contributed by atoms with Crippen molar-refractivity contribution >= 4 is 11.6 Å². The maximum absolute atomic E-state index is 11.1. The highest BCUT2D eigenvalue weighted by molar-refractivity contribution is 6.30. The molecule has 0 radical (unpaired) electrons. The molecule has 0 bridgehead atoms. The molecule has 0 amide bonds. The van der Waals surface area contributed by atoms with Crippen LogP contribution in [0.25, 0.3) is 0 Å². The Labute approximate surface area is 164 Å². The number of likely N-dealkylation sites (tertiary alicyclic amines) is 1. The second-order valence-corrected chi connectivity index (χ2v) is 8.57. The summed E-state index contributed by atoms with van der Waals surface area (Å²) in [6, 6.07) is 10.9. The normalized spacial score (nSPS) is 29.0. The average Bonchev–Trinajstić information content (AvgIpc) is 3.11. The van der Waals surface area contributed by atoms with E-state index in [2.05, 4.69) is 9.88 Å². The summed E-state index contributed by atoms with van der Waals surface area (Å²) < 4.78 is 0. The zero-order chi connectivity index (χ0) is 19.0. The van der Waals surface area contributed by atoms with Gasteiger partial charge in [-0.15, -0.1) is 0 Å². The fourth-order valence-corrected chi connectivity index (χ4v) is 4.89. The first kappa shape index (κ1) is 18.7. The first-order valence-corrected chi connectivity index (χ1v) is 9.80. The van der Waals surface area contributed by atoms with Crippen molar-refractivity contribution in [3.8, 4) is 5.75 Å². The second-order valence-electron chi connectivity index (χ2n) is 8.13. The number of hydrogen-bond donors (Lipinski definition) is 3. The monoisotopic (exact) mass is 388 g/mol. The van der Waals surface area contributed by atoms with Gasteiger partial charge in [-0.1, -0.05) is 23.7 Å². The summed E-state index contributed by atoms with van der Waals surface area (Å²) in [6.45, 7) is 2.31. The van der Waals surface area contributed by atoms with E-state index in [1.807, 2.05) is 24.3 Å². The van der Waals surface area contributed by atoms with Gasteiger partial charge >= 0.3 is 0 Å². The Morgan fingerprint density at radius 1 is 1.11 bits per heavy atom. The van der Waals surface area contributed by atoms with Gasteiger partial charge in [0.05, 0.1) is 17.5 Å². The minimum atomic E-state index is -0.669. The number of rotatable bonds is 5. The van der Waals surface area contributed by atoms with Gasteiger partial charge in [-0.2, -0.15) is 0 Å². The van der Waals surface area contributed by atoms with Crippen LogP contribution in [0.15, 0.2) is 42.6 Å². The highest BCUT2D eigenvalue weighted by atomic mass is 35.5. The summed E-state index contributed by atoms with van der Waals surface area (Å²) in [5.74, 6) is 1.02. The minimum absolute atomic E-state index is 0.0987. The van der Waals surface area contributed by atoms with Gasteiger partial charge in [0.25, 0.3) is 0 Å². The van der Waals surface area contributed by atoms with Crippen LogP contribution in [0.3, 0.4) is 0 Å². The van der Waals surface area contributed by atoms with E-state index in [0.29, 0.717) is 35.5 Å². The van der Waals surface area contributed by atoms with Crippen molar-refractivity contribution in [1.29, 1.82) is 0 Å². The smallest absolute Gasteiger partial charge is 0.133 e. The van der Waals surface area contributed by atoms with Crippen LogP contribution in [0.2, 0.25) is 5.02 Å². The lowest BCUT2D eigenvalue weighted by molar-refractivity contribution is 0.0327. The van der Waals surface area contributed by atoms with Crippen LogP contribution in [0.5, 0.6) is 5.75 Å². The Kier molecular flexibility index (Phi) is 5.12. The predicted octanol–water partition coefficient (Wildman–Crippen LogP) is 2.79. The molecule has 5 nitrogen and oxygen atoms in total. The molecule has 2 fully saturated rings. The summed E-state index contributed by atoms with van der Waals surface area (Å²) in [4.78, 5) is 6.35. The quantitative estimate of drug-likeness (QED) is 0.734. The van der Waals surface area contributed by atoms with Gasteiger partial charge in [0, 0.05) is 31.1 Å². The maximum atomic E-state index is 11.1. The van der Waals surface area contributed by atoms with Gasteiger partial charge < -0.3 is 15.3 Å². The molecular formula is C21H25ClN2O3. The van der Waals surface area contributed by atoms with E-state index in [4.69, 9.17) is 11.6 Å². The number of pyridine rings is 1. The lowest BCUT2D eigenvalue weighted by Gasteiger charge is -2.27. The maximum Gasteiger partial charge on any atom is 0.133 e. The number of aromatic hydroxyl groups is 1. The van der Waals surface area contributed by atoms with Gasteiger partial charge in [0.2, 0.25) is 0 Å². The Bertz CT molecular complexity index is 767. The zero-order valence-electron chi connectivity index (χ0n) is 15.1. The molecule has 2 aliphatic rings. The fourth-order valence-electron chi connectivity index (χ4n) is 4.77. The molecule has 2 heterocycles. The molecule has 2 aromatic rings. The number of aliphatic hydroxyl groups is 2. The van der Waals surface area contributed by atoms with E-state index in [1.54, 1.807) is 12.1 Å². The molecular weight excluding hydrogens is 364 g/mol. The summed E-state index contributed by atoms with van der Waals surface area (Å²) in [6.07, 6.45) is 2.94. The van der Waals surface area contributed by atoms with Crippen molar-refractivity contribution in [2.75, 3.05) is 19.6 Å². The Morgan fingerprint density at radius 3 is 2.37 bits per heavy atom. The lowest BCUT2D eigenvalue weighted by Crippen LogP contribution is -2.33. The molecule has 1 saturated carbocycles. The molecule has 1 aliphatic heterocycles. The lowest BCUT2D eigenvalue weighted by atomic mass is 9.91. The third-order valence-electron chi connectivity index (χ3n) is 5.93. The number of aliphatic hydroxyl groups excluding tert-OH is 1. The van der Waals surface area contributed by atoms with Gasteiger partial charge in [0.1, 0.15) is 11.9 Å². The van der Waals surface area contributed by atoms with Crippen LogP contribution >= 0.6 is 11.6 Å². The first-order chi connectivity index (χ1) is 12.9. The van der Waals surface area contributed by atoms with Crippen molar-refractivity contribution in [2.24, 2.45) is 11.8 Å². The first-order valence-electron chi connectivity index (χ1n) is 9.42. The van der Waals surface area contributed by atoms with Crippen molar-refractivity contribution in [1.82, 2.24) is 9.88 Å². The number of hydrogen-bond acceptors (Lipinski definition) is 5. The summed E-state index contributed by atoms with van der Waals surface area (Å²) in [5.41, 5.74) is 1.04. The SMILES string of the molecule is Oc1ccc(C(O)CN2C[C@@H]3C[C@](O)(Cc4ccc(Cl)cc4)C[C@@H]3C2)nc1. The highest BCUT2D eigenvalue weighted by Crippen LogP contribution is 2.45. The molecule has 1 saturated heterocycles. The van der Waals surface area contributed by atoms with E-state index in [9.17, 15) is 15.3 Å². The van der Waals surface area contributed by atoms with E-state index in [-0.39, 0.29) is 5.75 Å². The molecule has 1 aromatic heterocycles. The van der Waals surface area contributed by atoms with Crippen molar-refractivity contribution in [3.63, 3.8) is 0 Å². The van der Waals surface area contributed by atoms with Crippen molar-refractivity contribution in [2.45, 2.75) is 31.0 Å². The average molecular weight is 389 g/mol. The van der Waals surface area contributed by atoms with Crippen molar-refractivity contribution < 1.29 is 15.3 Å². The number of fused-ring (bicyclic) bond motifs is 1. The topological polar surface area (TPSA) is 76.8 Å². The molecule has 4 atom stereocenters. The van der Waals surface area contributed by atoms with Gasteiger partial charge in [-0.05, 0) is 54.5 Å². The molecule has 0 spiro atoms. The Morgan fingerprint density at radius 2 is 1.78 bits per heavy atom. The van der Waals surface area contributed by atoms with Crippen LogP contribution in [-0.2, 0) is 6.42 Å². The molecule has 27 heavy (non-hydrogen) atoms. The largest absolute Gasteiger partial charge is 0.506 e. The van der Waals surface area contributed by atoms with Gasteiger partial charge in [0.15, 0.2) is 0 Å². The summed E-state index contributed by atoms with van der Waals surface area (Å²) in [5, 5.41) is 31.5. The third-order valence-corrected chi connectivity index (χ3v) is 6.18.